The van der Waals surface area contributed by atoms with Crippen molar-refractivity contribution in [2.75, 3.05) is 12.1 Å². The van der Waals surface area contributed by atoms with Gasteiger partial charge in [-0.1, -0.05) is 35.9 Å². The quantitative estimate of drug-likeness (QED) is 0.654. The number of hydrogen-bond acceptors (Lipinski definition) is 5. The van der Waals surface area contributed by atoms with Gasteiger partial charge in [0.2, 0.25) is 12.7 Å². The van der Waals surface area contributed by atoms with Gasteiger partial charge in [0, 0.05) is 22.5 Å². The number of carbonyl (C=O) groups is 1. The van der Waals surface area contributed by atoms with E-state index in [0.29, 0.717) is 17.3 Å². The molecule has 28 heavy (non-hydrogen) atoms. The molecule has 1 aliphatic carbocycles. The van der Waals surface area contributed by atoms with Crippen LogP contribution in [0.4, 0.5) is 5.13 Å². The van der Waals surface area contributed by atoms with Crippen LogP contribution in [0.2, 0.25) is 5.02 Å². The number of carbonyl (C=O) groups excluding carboxylic acids is 1. The zero-order valence-corrected chi connectivity index (χ0v) is 16.5. The molecule has 0 bridgehead atoms. The van der Waals surface area contributed by atoms with Gasteiger partial charge in [0.15, 0.2) is 16.6 Å². The largest absolute Gasteiger partial charge is 0.454 e. The van der Waals surface area contributed by atoms with Crippen molar-refractivity contribution in [2.24, 2.45) is 0 Å². The third-order valence-electron chi connectivity index (χ3n) is 5.21. The summed E-state index contributed by atoms with van der Waals surface area (Å²) in [6.07, 6.45) is 4.12. The number of nitrogens with zero attached hydrogens (tertiary/aromatic N) is 1. The fourth-order valence-corrected chi connectivity index (χ4v) is 4.49. The van der Waals surface area contributed by atoms with E-state index in [1.807, 2.05) is 42.5 Å². The Labute approximate surface area is 171 Å². The van der Waals surface area contributed by atoms with E-state index in [9.17, 15) is 4.79 Å². The molecule has 142 valence electrons. The maximum Gasteiger partial charge on any atom is 0.236 e. The number of amides is 1. The van der Waals surface area contributed by atoms with E-state index in [4.69, 9.17) is 21.1 Å². The smallest absolute Gasteiger partial charge is 0.236 e. The lowest BCUT2D eigenvalue weighted by Gasteiger charge is -2.15. The minimum atomic E-state index is -0.504. The second-order valence-corrected chi connectivity index (χ2v) is 8.53. The Bertz CT molecular complexity index is 1060. The van der Waals surface area contributed by atoms with Gasteiger partial charge >= 0.3 is 0 Å². The van der Waals surface area contributed by atoms with Crippen LogP contribution in [0, 0.1) is 0 Å². The summed E-state index contributed by atoms with van der Waals surface area (Å²) < 4.78 is 10.8. The van der Waals surface area contributed by atoms with Gasteiger partial charge in [-0.25, -0.2) is 4.98 Å². The number of ether oxygens (including phenoxy) is 2. The molecule has 1 N–H and O–H groups in total. The summed E-state index contributed by atoms with van der Waals surface area (Å²) in [5, 5.41) is 4.34. The molecule has 2 aliphatic rings. The fourth-order valence-electron chi connectivity index (χ4n) is 3.46. The van der Waals surface area contributed by atoms with Crippen LogP contribution >= 0.6 is 22.9 Å². The van der Waals surface area contributed by atoms with Crippen LogP contribution in [-0.4, -0.2) is 17.7 Å². The highest BCUT2D eigenvalue weighted by molar-refractivity contribution is 7.15. The molecule has 1 aromatic heterocycles. The van der Waals surface area contributed by atoms with E-state index in [2.05, 4.69) is 10.3 Å². The SMILES string of the molecule is O=C(Nc1ncc(Cc2ccccc2Cl)s1)C1(c2ccc3c(c2)OCO3)CC1. The number of anilines is 1. The molecule has 5 rings (SSSR count). The Hall–Kier alpha value is -2.57. The highest BCUT2D eigenvalue weighted by Gasteiger charge is 2.52. The molecule has 0 radical (unpaired) electrons. The molecular formula is C21H17ClN2O3S. The number of nitrogens with one attached hydrogen (secondary N) is 1. The number of fused-ring (bicyclic) bond motifs is 1. The molecule has 0 saturated heterocycles. The van der Waals surface area contributed by atoms with Crippen LogP contribution in [0.3, 0.4) is 0 Å². The third kappa shape index (κ3) is 3.12. The highest BCUT2D eigenvalue weighted by Crippen LogP contribution is 2.51. The zero-order valence-electron chi connectivity index (χ0n) is 14.9. The summed E-state index contributed by atoms with van der Waals surface area (Å²) >= 11 is 7.71. The molecule has 2 aromatic carbocycles. The van der Waals surface area contributed by atoms with Crippen molar-refractivity contribution in [3.63, 3.8) is 0 Å². The monoisotopic (exact) mass is 412 g/mol. The van der Waals surface area contributed by atoms with Crippen molar-refractivity contribution in [3.05, 3.63) is 69.7 Å². The topological polar surface area (TPSA) is 60.5 Å². The van der Waals surface area contributed by atoms with E-state index in [-0.39, 0.29) is 12.7 Å². The fraction of sp³-hybridized carbons (Fsp3) is 0.238. The van der Waals surface area contributed by atoms with Crippen molar-refractivity contribution < 1.29 is 14.3 Å². The van der Waals surface area contributed by atoms with Gasteiger partial charge in [0.05, 0.1) is 5.41 Å². The van der Waals surface area contributed by atoms with E-state index >= 15 is 0 Å². The predicted molar refractivity (Wildman–Crippen MR) is 108 cm³/mol. The van der Waals surface area contributed by atoms with Gasteiger partial charge in [0.25, 0.3) is 0 Å². The van der Waals surface area contributed by atoms with Crippen LogP contribution in [0.5, 0.6) is 11.5 Å². The maximum atomic E-state index is 13.0. The molecule has 7 heteroatoms. The molecule has 0 unspecified atom stereocenters. The Balaban J connectivity index is 1.31. The Morgan fingerprint density at radius 2 is 2.00 bits per heavy atom. The van der Waals surface area contributed by atoms with E-state index in [1.54, 1.807) is 6.20 Å². The number of rotatable bonds is 5. The molecule has 1 fully saturated rings. The number of benzene rings is 2. The number of hydrogen-bond donors (Lipinski definition) is 1. The summed E-state index contributed by atoms with van der Waals surface area (Å²) in [6, 6.07) is 13.5. The van der Waals surface area contributed by atoms with Crippen molar-refractivity contribution >= 4 is 34.0 Å². The first-order valence-electron chi connectivity index (χ1n) is 9.04. The molecule has 2 heterocycles. The minimum Gasteiger partial charge on any atom is -0.454 e. The highest BCUT2D eigenvalue weighted by atomic mass is 35.5. The van der Waals surface area contributed by atoms with Gasteiger partial charge in [-0.3, -0.25) is 4.79 Å². The normalized spacial score (nSPS) is 16.0. The summed E-state index contributed by atoms with van der Waals surface area (Å²) in [5.41, 5.74) is 1.50. The molecule has 1 amide bonds. The molecule has 5 nitrogen and oxygen atoms in total. The van der Waals surface area contributed by atoms with Gasteiger partial charge in [-0.15, -0.1) is 11.3 Å². The van der Waals surface area contributed by atoms with Crippen LogP contribution in [-0.2, 0) is 16.6 Å². The average Bonchev–Trinajstić information content (AvgIpc) is 3.18. The second kappa shape index (κ2) is 6.79. The second-order valence-electron chi connectivity index (χ2n) is 7.00. The Morgan fingerprint density at radius 3 is 2.82 bits per heavy atom. The van der Waals surface area contributed by atoms with Gasteiger partial charge < -0.3 is 14.8 Å². The Kier molecular flexibility index (Phi) is 4.25. The van der Waals surface area contributed by atoms with E-state index < -0.39 is 5.41 Å². The lowest BCUT2D eigenvalue weighted by atomic mass is 9.94. The van der Waals surface area contributed by atoms with Crippen molar-refractivity contribution in [2.45, 2.75) is 24.7 Å². The van der Waals surface area contributed by atoms with Crippen LogP contribution in [0.1, 0.15) is 28.8 Å². The van der Waals surface area contributed by atoms with E-state index in [1.165, 1.54) is 11.3 Å². The minimum absolute atomic E-state index is 0.0231. The molecule has 0 atom stereocenters. The van der Waals surface area contributed by atoms with Crippen LogP contribution in [0.15, 0.2) is 48.7 Å². The first-order chi connectivity index (χ1) is 13.6. The average molecular weight is 413 g/mol. The first-order valence-corrected chi connectivity index (χ1v) is 10.2. The molecule has 1 aliphatic heterocycles. The molecular weight excluding hydrogens is 396 g/mol. The molecule has 1 saturated carbocycles. The molecule has 3 aromatic rings. The first kappa shape index (κ1) is 17.5. The lowest BCUT2D eigenvalue weighted by Crippen LogP contribution is -2.27. The Morgan fingerprint density at radius 1 is 1.18 bits per heavy atom. The van der Waals surface area contributed by atoms with Crippen LogP contribution in [0.25, 0.3) is 0 Å². The van der Waals surface area contributed by atoms with Gasteiger partial charge in [-0.2, -0.15) is 0 Å². The van der Waals surface area contributed by atoms with Crippen molar-refractivity contribution in [1.82, 2.24) is 4.98 Å². The maximum absolute atomic E-state index is 13.0. The summed E-state index contributed by atoms with van der Waals surface area (Å²) in [6.45, 7) is 0.227. The van der Waals surface area contributed by atoms with Crippen molar-refractivity contribution in [3.8, 4) is 11.5 Å². The lowest BCUT2D eigenvalue weighted by molar-refractivity contribution is -0.118. The van der Waals surface area contributed by atoms with E-state index in [0.717, 1.165) is 39.6 Å². The van der Waals surface area contributed by atoms with Crippen molar-refractivity contribution in [1.29, 1.82) is 0 Å². The van der Waals surface area contributed by atoms with Gasteiger partial charge in [0.1, 0.15) is 0 Å². The standard InChI is InChI=1S/C21H17ClN2O3S/c22-16-4-2-1-3-13(16)9-15-11-23-20(28-15)24-19(25)21(7-8-21)14-5-6-17-18(10-14)27-12-26-17/h1-6,10-11H,7-9,12H2,(H,23,24,25). The van der Waals surface area contributed by atoms with Gasteiger partial charge in [-0.05, 0) is 42.2 Å². The van der Waals surface area contributed by atoms with Crippen LogP contribution < -0.4 is 14.8 Å². The summed E-state index contributed by atoms with van der Waals surface area (Å²) in [5.74, 6) is 1.40. The zero-order chi connectivity index (χ0) is 19.1. The summed E-state index contributed by atoms with van der Waals surface area (Å²) in [4.78, 5) is 18.4. The number of aromatic nitrogens is 1. The summed E-state index contributed by atoms with van der Waals surface area (Å²) in [7, 11) is 0. The third-order valence-corrected chi connectivity index (χ3v) is 6.49. The number of halogens is 1. The predicted octanol–water partition coefficient (Wildman–Crippen LogP) is 4.79. The number of thiazole rings is 1. The molecule has 0 spiro atoms.